The number of urea groups is 1. The number of amides is 3. The van der Waals surface area contributed by atoms with Crippen molar-refractivity contribution in [2.24, 2.45) is 0 Å². The molecule has 0 spiro atoms. The number of nitrogens with one attached hydrogen (secondary N) is 2. The van der Waals surface area contributed by atoms with Crippen LogP contribution in [0.1, 0.15) is 39.5 Å². The van der Waals surface area contributed by atoms with Crippen LogP contribution < -0.4 is 10.6 Å². The third-order valence-corrected chi connectivity index (χ3v) is 2.40. The van der Waals surface area contributed by atoms with Gasteiger partial charge < -0.3 is 5.32 Å². The molecule has 0 unspecified atom stereocenters. The first-order chi connectivity index (χ1) is 6.08. The summed E-state index contributed by atoms with van der Waals surface area (Å²) in [6, 6.07) is -0.371. The third kappa shape index (κ3) is 2.20. The van der Waals surface area contributed by atoms with E-state index in [1.165, 1.54) is 0 Å². The summed E-state index contributed by atoms with van der Waals surface area (Å²) in [4.78, 5) is 22.2. The molecule has 1 aliphatic heterocycles. The molecule has 0 aromatic heterocycles. The molecule has 74 valence electrons. The van der Waals surface area contributed by atoms with Crippen molar-refractivity contribution in [2.75, 3.05) is 0 Å². The van der Waals surface area contributed by atoms with Gasteiger partial charge in [0.2, 0.25) is 0 Å². The van der Waals surface area contributed by atoms with Gasteiger partial charge in [0.15, 0.2) is 0 Å². The average Bonchev–Trinajstić information content (AvgIpc) is 2.27. The molecule has 0 aromatic rings. The van der Waals surface area contributed by atoms with Crippen LogP contribution in [0.15, 0.2) is 0 Å². The van der Waals surface area contributed by atoms with E-state index < -0.39 is 5.54 Å². The predicted octanol–water partition coefficient (Wildman–Crippen LogP) is 1.16. The molecule has 0 aromatic carbocycles. The van der Waals surface area contributed by atoms with Crippen LogP contribution in [0.4, 0.5) is 4.79 Å². The minimum Gasteiger partial charge on any atom is -0.324 e. The molecule has 0 saturated carbocycles. The fraction of sp³-hybridized carbons (Fsp3) is 0.778. The van der Waals surface area contributed by atoms with E-state index in [1.54, 1.807) is 6.92 Å². The van der Waals surface area contributed by atoms with E-state index in [1.807, 2.05) is 0 Å². The van der Waals surface area contributed by atoms with E-state index in [2.05, 4.69) is 17.6 Å². The summed E-state index contributed by atoms with van der Waals surface area (Å²) in [7, 11) is 0. The molecule has 0 bridgehead atoms. The van der Waals surface area contributed by atoms with Crippen LogP contribution >= 0.6 is 0 Å². The highest BCUT2D eigenvalue weighted by Gasteiger charge is 2.40. The SMILES string of the molecule is CCCCC[C@@]1(C)NC(=O)NC1=O. The van der Waals surface area contributed by atoms with Gasteiger partial charge >= 0.3 is 6.03 Å². The van der Waals surface area contributed by atoms with Crippen molar-refractivity contribution in [2.45, 2.75) is 45.1 Å². The number of unbranched alkanes of at least 4 members (excludes halogenated alkanes) is 2. The first-order valence-electron chi connectivity index (χ1n) is 4.72. The van der Waals surface area contributed by atoms with Gasteiger partial charge in [0.25, 0.3) is 5.91 Å². The summed E-state index contributed by atoms with van der Waals surface area (Å²) in [6.45, 7) is 3.87. The summed E-state index contributed by atoms with van der Waals surface area (Å²) in [6.07, 6.45) is 3.91. The van der Waals surface area contributed by atoms with Crippen LogP contribution in [-0.2, 0) is 4.79 Å². The Morgan fingerprint density at radius 3 is 2.46 bits per heavy atom. The molecule has 4 nitrogen and oxygen atoms in total. The maximum atomic E-state index is 11.3. The van der Waals surface area contributed by atoms with Gasteiger partial charge in [-0.25, -0.2) is 4.79 Å². The first kappa shape index (κ1) is 10.0. The van der Waals surface area contributed by atoms with Gasteiger partial charge in [-0.1, -0.05) is 26.2 Å². The highest BCUT2D eigenvalue weighted by atomic mass is 16.2. The van der Waals surface area contributed by atoms with Crippen LogP contribution in [0.2, 0.25) is 0 Å². The smallest absolute Gasteiger partial charge is 0.322 e. The normalized spacial score (nSPS) is 27.2. The standard InChI is InChI=1S/C9H16N2O2/c1-3-4-5-6-9(2)7(12)10-8(13)11-9/h3-6H2,1-2H3,(H2,10,11,12,13)/t9-/m1/s1. The Morgan fingerprint density at radius 2 is 2.00 bits per heavy atom. The van der Waals surface area contributed by atoms with Crippen LogP contribution in [0.5, 0.6) is 0 Å². The first-order valence-corrected chi connectivity index (χ1v) is 4.72. The lowest BCUT2D eigenvalue weighted by molar-refractivity contribution is -0.123. The average molecular weight is 184 g/mol. The molecule has 13 heavy (non-hydrogen) atoms. The number of carbonyl (C=O) groups excluding carboxylic acids is 2. The molecular formula is C9H16N2O2. The summed E-state index contributed by atoms with van der Waals surface area (Å²) in [5.41, 5.74) is -0.674. The van der Waals surface area contributed by atoms with Crippen LogP contribution in [0.3, 0.4) is 0 Å². The molecule has 3 amide bonds. The number of imide groups is 1. The predicted molar refractivity (Wildman–Crippen MR) is 49.2 cm³/mol. The lowest BCUT2D eigenvalue weighted by Crippen LogP contribution is -2.43. The monoisotopic (exact) mass is 184 g/mol. The van der Waals surface area contributed by atoms with Crippen molar-refractivity contribution in [1.82, 2.24) is 10.6 Å². The van der Waals surface area contributed by atoms with Crippen LogP contribution in [-0.4, -0.2) is 17.5 Å². The van der Waals surface area contributed by atoms with Crippen LogP contribution in [0, 0.1) is 0 Å². The van der Waals surface area contributed by atoms with Gasteiger partial charge in [-0.15, -0.1) is 0 Å². The lowest BCUT2D eigenvalue weighted by atomic mass is 9.95. The van der Waals surface area contributed by atoms with Gasteiger partial charge in [-0.2, -0.15) is 0 Å². The Hall–Kier alpha value is -1.06. The topological polar surface area (TPSA) is 58.2 Å². The van der Waals surface area contributed by atoms with Crippen molar-refractivity contribution in [1.29, 1.82) is 0 Å². The highest BCUT2D eigenvalue weighted by molar-refractivity contribution is 6.06. The molecule has 1 aliphatic rings. The molecule has 4 heteroatoms. The summed E-state index contributed by atoms with van der Waals surface area (Å²) in [5, 5.41) is 4.88. The molecular weight excluding hydrogens is 168 g/mol. The Bertz CT molecular complexity index is 228. The van der Waals surface area contributed by atoms with E-state index in [4.69, 9.17) is 0 Å². The van der Waals surface area contributed by atoms with Crippen LogP contribution in [0.25, 0.3) is 0 Å². The molecule has 1 heterocycles. The molecule has 0 radical (unpaired) electrons. The zero-order chi connectivity index (χ0) is 9.90. The largest absolute Gasteiger partial charge is 0.324 e. The van der Waals surface area contributed by atoms with E-state index in [0.29, 0.717) is 0 Å². The molecule has 2 N–H and O–H groups in total. The number of rotatable bonds is 4. The summed E-state index contributed by atoms with van der Waals surface area (Å²) in [5.74, 6) is -0.200. The quantitative estimate of drug-likeness (QED) is 0.509. The maximum absolute atomic E-state index is 11.3. The second-order valence-electron chi connectivity index (χ2n) is 3.70. The molecule has 1 atom stereocenters. The van der Waals surface area contributed by atoms with E-state index in [0.717, 1.165) is 25.7 Å². The Labute approximate surface area is 78.1 Å². The Kier molecular flexibility index (Phi) is 2.90. The molecule has 1 saturated heterocycles. The summed E-state index contributed by atoms with van der Waals surface area (Å²) < 4.78 is 0. The minimum atomic E-state index is -0.674. The fourth-order valence-electron chi connectivity index (χ4n) is 1.48. The molecule has 0 aliphatic carbocycles. The number of hydrogen-bond donors (Lipinski definition) is 2. The molecule has 1 fully saturated rings. The zero-order valence-electron chi connectivity index (χ0n) is 8.14. The van der Waals surface area contributed by atoms with Crippen molar-refractivity contribution in [3.05, 3.63) is 0 Å². The number of carbonyl (C=O) groups is 2. The van der Waals surface area contributed by atoms with Crippen molar-refractivity contribution >= 4 is 11.9 Å². The van der Waals surface area contributed by atoms with Crippen molar-refractivity contribution < 1.29 is 9.59 Å². The lowest BCUT2D eigenvalue weighted by Gasteiger charge is -2.19. The number of hydrogen-bond acceptors (Lipinski definition) is 2. The van der Waals surface area contributed by atoms with Gasteiger partial charge in [0.1, 0.15) is 5.54 Å². The van der Waals surface area contributed by atoms with Crippen molar-refractivity contribution in [3.8, 4) is 0 Å². The zero-order valence-corrected chi connectivity index (χ0v) is 8.14. The van der Waals surface area contributed by atoms with E-state index in [9.17, 15) is 9.59 Å². The van der Waals surface area contributed by atoms with Crippen molar-refractivity contribution in [3.63, 3.8) is 0 Å². The van der Waals surface area contributed by atoms with Gasteiger partial charge in [0, 0.05) is 0 Å². The van der Waals surface area contributed by atoms with Gasteiger partial charge in [0.05, 0.1) is 0 Å². The fourth-order valence-corrected chi connectivity index (χ4v) is 1.48. The summed E-state index contributed by atoms with van der Waals surface area (Å²) >= 11 is 0. The Morgan fingerprint density at radius 1 is 1.31 bits per heavy atom. The highest BCUT2D eigenvalue weighted by Crippen LogP contribution is 2.18. The third-order valence-electron chi connectivity index (χ3n) is 2.40. The second kappa shape index (κ2) is 3.77. The molecule has 1 rings (SSSR count). The Balaban J connectivity index is 2.46. The maximum Gasteiger partial charge on any atom is 0.322 e. The van der Waals surface area contributed by atoms with E-state index >= 15 is 0 Å². The van der Waals surface area contributed by atoms with Gasteiger partial charge in [-0.3, -0.25) is 10.1 Å². The second-order valence-corrected chi connectivity index (χ2v) is 3.70. The van der Waals surface area contributed by atoms with E-state index in [-0.39, 0.29) is 11.9 Å². The van der Waals surface area contributed by atoms with Gasteiger partial charge in [-0.05, 0) is 13.3 Å². The minimum absolute atomic E-state index is 0.200.